The van der Waals surface area contributed by atoms with Crippen molar-refractivity contribution < 1.29 is 0 Å². The molecule has 0 N–H and O–H groups in total. The quantitative estimate of drug-likeness (QED) is 0.343. The average Bonchev–Trinajstić information content (AvgIpc) is 3.11. The number of benzene rings is 2. The summed E-state index contributed by atoms with van der Waals surface area (Å²) in [6.07, 6.45) is 10.4. The number of aryl methyl sites for hydroxylation is 1. The number of hydrogen-bond donors (Lipinski definition) is 0. The maximum Gasteiger partial charge on any atom is 0.113 e. The Kier molecular flexibility index (Phi) is 5.16. The Balaban J connectivity index is 1.67. The Morgan fingerprint density at radius 3 is 2.26 bits per heavy atom. The highest BCUT2D eigenvalue weighted by Crippen LogP contribution is 2.50. The van der Waals surface area contributed by atoms with E-state index >= 15 is 0 Å². The molecule has 0 saturated carbocycles. The Morgan fingerprint density at radius 2 is 1.56 bits per heavy atom. The third-order valence-corrected chi connectivity index (χ3v) is 10.3. The third kappa shape index (κ3) is 3.14. The van der Waals surface area contributed by atoms with E-state index in [-0.39, 0.29) is 0 Å². The summed E-state index contributed by atoms with van der Waals surface area (Å²) < 4.78 is 0. The molecule has 1 heterocycles. The smallest absolute Gasteiger partial charge is 0.0655 e. The molecule has 0 atom stereocenters. The molecule has 142 valence electrons. The molecule has 1 aliphatic heterocycles. The van der Waals surface area contributed by atoms with Crippen molar-refractivity contribution in [3.05, 3.63) is 58.7 Å². The van der Waals surface area contributed by atoms with Gasteiger partial charge in [-0.15, -0.1) is 0 Å². The minimum absolute atomic E-state index is 1.21. The van der Waals surface area contributed by atoms with E-state index in [2.05, 4.69) is 63.3 Å². The molecule has 2 aromatic rings. The molecule has 0 saturated heterocycles. The van der Waals surface area contributed by atoms with Gasteiger partial charge in [0.15, 0.2) is 0 Å². The predicted octanol–water partition coefficient (Wildman–Crippen LogP) is 7.05. The number of fused-ring (bicyclic) bond motifs is 1. The van der Waals surface area contributed by atoms with Crippen molar-refractivity contribution in [1.82, 2.24) is 0 Å². The molecule has 2 bridgehead atoms. The molecule has 0 aromatic heterocycles. The third-order valence-electron chi connectivity index (χ3n) is 6.71. The second kappa shape index (κ2) is 7.43. The van der Waals surface area contributed by atoms with Gasteiger partial charge >= 0.3 is 0 Å². The molecule has 0 amide bonds. The first-order valence-corrected chi connectivity index (χ1v) is 14.1. The second-order valence-electron chi connectivity index (χ2n) is 9.06. The zero-order valence-electron chi connectivity index (χ0n) is 17.6. The van der Waals surface area contributed by atoms with Crippen molar-refractivity contribution in [2.45, 2.75) is 78.3 Å². The normalized spacial score (nSPS) is 16.4. The first-order chi connectivity index (χ1) is 13.1. The molecule has 27 heavy (non-hydrogen) atoms. The lowest BCUT2D eigenvalue weighted by molar-refractivity contribution is 0.667. The molecule has 4 rings (SSSR count). The van der Waals surface area contributed by atoms with E-state index in [1.165, 1.54) is 62.5 Å². The molecular weight excluding hydrogens is 340 g/mol. The summed E-state index contributed by atoms with van der Waals surface area (Å²) in [5.41, 5.74) is 9.53. The fourth-order valence-electron chi connectivity index (χ4n) is 5.39. The van der Waals surface area contributed by atoms with Gasteiger partial charge in [0.1, 0.15) is 8.07 Å². The number of hydrogen-bond acceptors (Lipinski definition) is 0. The van der Waals surface area contributed by atoms with Crippen molar-refractivity contribution in [3.8, 4) is 11.1 Å². The molecular formula is C26H34Si. The van der Waals surface area contributed by atoms with Crippen molar-refractivity contribution >= 4 is 18.5 Å². The van der Waals surface area contributed by atoms with Crippen molar-refractivity contribution in [2.24, 2.45) is 0 Å². The highest BCUT2D eigenvalue weighted by molar-refractivity contribution is 7.07. The molecule has 1 heteroatoms. The van der Waals surface area contributed by atoms with Crippen LogP contribution >= 0.6 is 0 Å². The van der Waals surface area contributed by atoms with Crippen LogP contribution in [0.15, 0.2) is 42.0 Å². The van der Waals surface area contributed by atoms with E-state index in [1.54, 1.807) is 32.6 Å². The summed E-state index contributed by atoms with van der Waals surface area (Å²) in [6.45, 7) is 9.75. The van der Waals surface area contributed by atoms with Gasteiger partial charge in [0.05, 0.1) is 0 Å². The van der Waals surface area contributed by atoms with Gasteiger partial charge in [-0.25, -0.2) is 0 Å². The fraction of sp³-hybridized carbons (Fsp3) is 0.462. The van der Waals surface area contributed by atoms with E-state index in [1.807, 2.05) is 0 Å². The standard InChI is InChI=1S/C26H34Si/c1-5-7-8-9-11-19-12-14-20(15-13-19)24-23-17-16-21-18-22(10-6-2)26(25(21)24)27(23,3)4/h12-17H,5-11,18H2,1-4H3. The van der Waals surface area contributed by atoms with E-state index in [0.29, 0.717) is 0 Å². The summed E-state index contributed by atoms with van der Waals surface area (Å²) in [7, 11) is -1.53. The molecule has 0 radical (unpaired) electrons. The van der Waals surface area contributed by atoms with Crippen molar-refractivity contribution in [3.63, 3.8) is 0 Å². The van der Waals surface area contributed by atoms with Crippen LogP contribution in [0.4, 0.5) is 0 Å². The van der Waals surface area contributed by atoms with Crippen LogP contribution in [0, 0.1) is 0 Å². The molecule has 0 spiro atoms. The van der Waals surface area contributed by atoms with E-state index in [9.17, 15) is 0 Å². The van der Waals surface area contributed by atoms with Crippen molar-refractivity contribution in [2.75, 3.05) is 0 Å². The topological polar surface area (TPSA) is 0 Å². The maximum absolute atomic E-state index is 2.57. The number of rotatable bonds is 8. The molecule has 0 nitrogen and oxygen atoms in total. The van der Waals surface area contributed by atoms with Gasteiger partial charge in [0.2, 0.25) is 0 Å². The van der Waals surface area contributed by atoms with E-state index in [0.717, 1.165) is 0 Å². The molecule has 2 aromatic carbocycles. The Hall–Kier alpha value is -1.60. The minimum Gasteiger partial charge on any atom is -0.0655 e. The first kappa shape index (κ1) is 18.7. The van der Waals surface area contributed by atoms with Crippen LogP contribution in [0.3, 0.4) is 0 Å². The number of unbranched alkanes of at least 4 members (excludes halogenated alkanes) is 3. The van der Waals surface area contributed by atoms with Gasteiger partial charge in [0, 0.05) is 0 Å². The van der Waals surface area contributed by atoms with E-state index in [4.69, 9.17) is 0 Å². The van der Waals surface area contributed by atoms with Crippen LogP contribution in [0.25, 0.3) is 16.3 Å². The minimum atomic E-state index is -1.53. The van der Waals surface area contributed by atoms with Crippen molar-refractivity contribution in [1.29, 1.82) is 0 Å². The van der Waals surface area contributed by atoms with Gasteiger partial charge in [-0.3, -0.25) is 0 Å². The molecule has 0 fully saturated rings. The highest BCUT2D eigenvalue weighted by atomic mass is 28.3. The summed E-state index contributed by atoms with van der Waals surface area (Å²) in [5.74, 6) is 0. The van der Waals surface area contributed by atoms with Gasteiger partial charge < -0.3 is 0 Å². The molecule has 2 aliphatic rings. The summed E-state index contributed by atoms with van der Waals surface area (Å²) in [5, 5.41) is 3.46. The van der Waals surface area contributed by atoms with E-state index < -0.39 is 8.07 Å². The summed E-state index contributed by atoms with van der Waals surface area (Å²) in [4.78, 5) is 0. The van der Waals surface area contributed by atoms with Gasteiger partial charge in [-0.1, -0.05) is 94.6 Å². The average molecular weight is 375 g/mol. The Labute approximate surface area is 166 Å². The second-order valence-corrected chi connectivity index (χ2v) is 13.3. The van der Waals surface area contributed by atoms with Gasteiger partial charge in [0.25, 0.3) is 0 Å². The van der Waals surface area contributed by atoms with Gasteiger partial charge in [-0.05, 0) is 63.9 Å². The van der Waals surface area contributed by atoms with Crippen LogP contribution in [-0.4, -0.2) is 8.07 Å². The summed E-state index contributed by atoms with van der Waals surface area (Å²) >= 11 is 0. The monoisotopic (exact) mass is 374 g/mol. The Bertz CT molecular complexity index is 868. The van der Waals surface area contributed by atoms with Crippen LogP contribution in [0.1, 0.15) is 69.1 Å². The lowest BCUT2D eigenvalue weighted by atomic mass is 9.95. The van der Waals surface area contributed by atoms with Crippen LogP contribution < -0.4 is 5.19 Å². The SMILES string of the molecule is CCCCCCc1ccc(-c2c3ccc4c2C(=C(CCC)C4)[Si]3(C)C)cc1. The number of allylic oxidation sites excluding steroid dienone is 1. The summed E-state index contributed by atoms with van der Waals surface area (Å²) in [6, 6.07) is 14.5. The zero-order chi connectivity index (χ0) is 19.0. The highest BCUT2D eigenvalue weighted by Gasteiger charge is 2.45. The zero-order valence-corrected chi connectivity index (χ0v) is 18.6. The largest absolute Gasteiger partial charge is 0.113 e. The lowest BCUT2D eigenvalue weighted by Crippen LogP contribution is -2.39. The Morgan fingerprint density at radius 1 is 0.778 bits per heavy atom. The first-order valence-electron chi connectivity index (χ1n) is 11.1. The maximum atomic E-state index is 2.57. The fourth-order valence-corrected chi connectivity index (χ4v) is 9.06. The molecule has 1 aliphatic carbocycles. The predicted molar refractivity (Wildman–Crippen MR) is 122 cm³/mol. The van der Waals surface area contributed by atoms with Crippen LogP contribution in [-0.2, 0) is 12.8 Å². The van der Waals surface area contributed by atoms with Crippen LogP contribution in [0.5, 0.6) is 0 Å². The molecule has 0 unspecified atom stereocenters. The van der Waals surface area contributed by atoms with Gasteiger partial charge in [-0.2, -0.15) is 0 Å². The lowest BCUT2D eigenvalue weighted by Gasteiger charge is -2.22. The van der Waals surface area contributed by atoms with Crippen LogP contribution in [0.2, 0.25) is 13.1 Å².